The van der Waals surface area contributed by atoms with Crippen LogP contribution < -0.4 is 0 Å². The fourth-order valence-electron chi connectivity index (χ4n) is 7.13. The third kappa shape index (κ3) is 4.73. The Morgan fingerprint density at radius 3 is 1.86 bits per heavy atom. The number of rotatable bonds is 5. The molecule has 0 saturated carbocycles. The van der Waals surface area contributed by atoms with Gasteiger partial charge in [-0.15, -0.1) is 11.3 Å². The van der Waals surface area contributed by atoms with Crippen LogP contribution in [0.2, 0.25) is 0 Å². The number of furan rings is 1. The third-order valence-electron chi connectivity index (χ3n) is 9.54. The second kappa shape index (κ2) is 11.7. The van der Waals surface area contributed by atoms with Gasteiger partial charge in [-0.1, -0.05) is 146 Å². The molecule has 0 radical (unpaired) electrons. The van der Waals surface area contributed by atoms with Crippen LogP contribution >= 0.6 is 11.3 Å². The zero-order chi connectivity index (χ0) is 33.0. The van der Waals surface area contributed by atoms with Crippen molar-refractivity contribution in [3.63, 3.8) is 0 Å². The number of fused-ring (bicyclic) bond motifs is 6. The minimum Gasteiger partial charge on any atom is -0.455 e. The van der Waals surface area contributed by atoms with Crippen LogP contribution in [0.5, 0.6) is 0 Å². The predicted octanol–water partition coefficient (Wildman–Crippen LogP) is 13.1. The fourth-order valence-corrected chi connectivity index (χ4v) is 8.36. The van der Waals surface area contributed by atoms with Gasteiger partial charge >= 0.3 is 0 Å². The van der Waals surface area contributed by atoms with Crippen molar-refractivity contribution in [1.82, 2.24) is 9.97 Å². The molecule has 0 aliphatic heterocycles. The second-order valence-electron chi connectivity index (χ2n) is 12.5. The summed E-state index contributed by atoms with van der Waals surface area (Å²) in [6.45, 7) is 0. The first-order chi connectivity index (χ1) is 24.8. The van der Waals surface area contributed by atoms with E-state index < -0.39 is 0 Å². The number of hydrogen-bond acceptors (Lipinski definition) is 4. The average Bonchev–Trinajstić information content (AvgIpc) is 3.78. The molecule has 0 amide bonds. The summed E-state index contributed by atoms with van der Waals surface area (Å²) in [6, 6.07) is 59.4. The molecule has 0 aliphatic carbocycles. The van der Waals surface area contributed by atoms with Gasteiger partial charge in [-0.2, -0.15) is 0 Å². The SMILES string of the molecule is c1ccc(-c2ccc(-c3cc(-c4ccc(-c5cccc6c5sc5ccccc56)c5c4oc4ccccc45)nc(-c4ccccc4)n3)cc2)cc1. The second-order valence-corrected chi connectivity index (χ2v) is 13.6. The molecular weight excluding hydrogens is 629 g/mol. The summed E-state index contributed by atoms with van der Waals surface area (Å²) in [5, 5.41) is 4.75. The van der Waals surface area contributed by atoms with Crippen LogP contribution in [0.25, 0.3) is 98.3 Å². The van der Waals surface area contributed by atoms with Crippen LogP contribution in [0.1, 0.15) is 0 Å². The van der Waals surface area contributed by atoms with Crippen LogP contribution in [-0.4, -0.2) is 9.97 Å². The topological polar surface area (TPSA) is 38.9 Å². The molecule has 234 valence electrons. The summed E-state index contributed by atoms with van der Waals surface area (Å²) >= 11 is 1.85. The molecule has 0 atom stereocenters. The molecular formula is C46H28N2OS. The zero-order valence-electron chi connectivity index (χ0n) is 26.9. The minimum atomic E-state index is 0.675. The molecule has 10 rings (SSSR count). The Labute approximate surface area is 292 Å². The van der Waals surface area contributed by atoms with Crippen LogP contribution in [0.4, 0.5) is 0 Å². The van der Waals surface area contributed by atoms with E-state index in [9.17, 15) is 0 Å². The Bertz CT molecular complexity index is 2850. The molecule has 0 fully saturated rings. The lowest BCUT2D eigenvalue weighted by molar-refractivity contribution is 0.670. The molecule has 0 aliphatic rings. The maximum absolute atomic E-state index is 6.77. The number of para-hydroxylation sites is 1. The van der Waals surface area contributed by atoms with Gasteiger partial charge in [-0.3, -0.25) is 0 Å². The summed E-state index contributed by atoms with van der Waals surface area (Å²) in [7, 11) is 0. The number of benzene rings is 7. The van der Waals surface area contributed by atoms with Crippen LogP contribution in [0, 0.1) is 0 Å². The lowest BCUT2D eigenvalue weighted by Crippen LogP contribution is -1.96. The smallest absolute Gasteiger partial charge is 0.160 e. The molecule has 0 bridgehead atoms. The van der Waals surface area contributed by atoms with Gasteiger partial charge < -0.3 is 4.42 Å². The lowest BCUT2D eigenvalue weighted by Gasteiger charge is -2.12. The van der Waals surface area contributed by atoms with E-state index in [1.54, 1.807) is 0 Å². The standard InChI is InChI=1S/C46H28N2OS/c1-3-12-29(13-4-1)30-22-24-31(25-23-30)39-28-40(48-46(47-39)32-14-5-2-6-15-32)37-27-26-34(43-38-17-7-9-20-41(38)49-44(37)43)36-19-11-18-35-33-16-8-10-21-42(33)50-45(35)36/h1-28H. The Balaban J connectivity index is 1.20. The lowest BCUT2D eigenvalue weighted by atomic mass is 9.94. The fraction of sp³-hybridized carbons (Fsp3) is 0. The van der Waals surface area contributed by atoms with E-state index in [4.69, 9.17) is 14.4 Å². The number of aromatic nitrogens is 2. The highest BCUT2D eigenvalue weighted by molar-refractivity contribution is 7.26. The quantitative estimate of drug-likeness (QED) is 0.185. The van der Waals surface area contributed by atoms with Gasteiger partial charge in [0.05, 0.1) is 11.4 Å². The van der Waals surface area contributed by atoms with E-state index >= 15 is 0 Å². The molecule has 0 N–H and O–H groups in total. The predicted molar refractivity (Wildman–Crippen MR) is 209 cm³/mol. The van der Waals surface area contributed by atoms with Crippen molar-refractivity contribution < 1.29 is 4.42 Å². The molecule has 3 aromatic heterocycles. The van der Waals surface area contributed by atoms with E-state index in [0.29, 0.717) is 5.82 Å². The highest BCUT2D eigenvalue weighted by Gasteiger charge is 2.21. The Hall–Kier alpha value is -6.36. The molecule has 50 heavy (non-hydrogen) atoms. The van der Waals surface area contributed by atoms with Crippen LogP contribution in [0.3, 0.4) is 0 Å². The summed E-state index contributed by atoms with van der Waals surface area (Å²) in [6.07, 6.45) is 0. The summed E-state index contributed by atoms with van der Waals surface area (Å²) < 4.78 is 9.34. The highest BCUT2D eigenvalue weighted by Crippen LogP contribution is 2.46. The molecule has 3 heterocycles. The first-order valence-corrected chi connectivity index (χ1v) is 17.6. The van der Waals surface area contributed by atoms with Crippen molar-refractivity contribution in [3.8, 4) is 56.2 Å². The molecule has 0 spiro atoms. The van der Waals surface area contributed by atoms with Gasteiger partial charge in [0.15, 0.2) is 5.82 Å². The average molecular weight is 657 g/mol. The number of nitrogens with zero attached hydrogens (tertiary/aromatic N) is 2. The van der Waals surface area contributed by atoms with Crippen molar-refractivity contribution in [2.24, 2.45) is 0 Å². The Kier molecular flexibility index (Phi) is 6.68. The molecule has 3 nitrogen and oxygen atoms in total. The van der Waals surface area contributed by atoms with Gasteiger partial charge in [-0.25, -0.2) is 9.97 Å². The van der Waals surface area contributed by atoms with Crippen molar-refractivity contribution in [2.45, 2.75) is 0 Å². The van der Waals surface area contributed by atoms with E-state index in [0.717, 1.165) is 55.6 Å². The van der Waals surface area contributed by atoms with Gasteiger partial charge in [0.1, 0.15) is 11.2 Å². The molecule has 0 unspecified atom stereocenters. The van der Waals surface area contributed by atoms with E-state index in [-0.39, 0.29) is 0 Å². The Morgan fingerprint density at radius 2 is 1.04 bits per heavy atom. The van der Waals surface area contributed by atoms with E-state index in [2.05, 4.69) is 140 Å². The molecule has 10 aromatic rings. The third-order valence-corrected chi connectivity index (χ3v) is 10.8. The monoisotopic (exact) mass is 656 g/mol. The maximum Gasteiger partial charge on any atom is 0.160 e. The van der Waals surface area contributed by atoms with Gasteiger partial charge in [-0.05, 0) is 41.0 Å². The minimum absolute atomic E-state index is 0.675. The summed E-state index contributed by atoms with van der Waals surface area (Å²) in [5.74, 6) is 0.675. The van der Waals surface area contributed by atoms with Crippen LogP contribution in [-0.2, 0) is 0 Å². The number of hydrogen-bond donors (Lipinski definition) is 0. The number of thiophene rings is 1. The van der Waals surface area contributed by atoms with Crippen molar-refractivity contribution in [3.05, 3.63) is 170 Å². The first kappa shape index (κ1) is 28.6. The first-order valence-electron chi connectivity index (χ1n) is 16.7. The van der Waals surface area contributed by atoms with Crippen molar-refractivity contribution in [1.29, 1.82) is 0 Å². The maximum atomic E-state index is 6.77. The van der Waals surface area contributed by atoms with E-state index in [1.165, 1.54) is 36.9 Å². The Morgan fingerprint density at radius 1 is 0.420 bits per heavy atom. The normalized spacial score (nSPS) is 11.6. The molecule has 0 saturated heterocycles. The summed E-state index contributed by atoms with van der Waals surface area (Å²) in [5.41, 5.74) is 11.0. The molecule has 7 aromatic carbocycles. The summed E-state index contributed by atoms with van der Waals surface area (Å²) in [4.78, 5) is 10.3. The molecule has 4 heteroatoms. The highest BCUT2D eigenvalue weighted by atomic mass is 32.1. The van der Waals surface area contributed by atoms with E-state index in [1.807, 2.05) is 41.7 Å². The van der Waals surface area contributed by atoms with Gasteiger partial charge in [0, 0.05) is 53.2 Å². The zero-order valence-corrected chi connectivity index (χ0v) is 27.7. The van der Waals surface area contributed by atoms with Crippen molar-refractivity contribution >= 4 is 53.4 Å². The largest absolute Gasteiger partial charge is 0.455 e. The van der Waals surface area contributed by atoms with Crippen molar-refractivity contribution in [2.75, 3.05) is 0 Å². The van der Waals surface area contributed by atoms with Gasteiger partial charge in [0.2, 0.25) is 0 Å². The van der Waals surface area contributed by atoms with Crippen LogP contribution in [0.15, 0.2) is 174 Å². The van der Waals surface area contributed by atoms with Gasteiger partial charge in [0.25, 0.3) is 0 Å².